The first-order valence-corrected chi connectivity index (χ1v) is 6.72. The average molecular weight is 291 g/mol. The predicted octanol–water partition coefficient (Wildman–Crippen LogP) is 2.47. The Balaban J connectivity index is 1.98. The van der Waals surface area contributed by atoms with Crippen LogP contribution in [0.3, 0.4) is 0 Å². The maximum atomic E-state index is 11.8. The number of rotatable bonds is 4. The number of aryl methyl sites for hydroxylation is 1. The minimum atomic E-state index is -1.19. The maximum Gasteiger partial charge on any atom is 0.356 e. The maximum absolute atomic E-state index is 11.8. The lowest BCUT2D eigenvalue weighted by Gasteiger charge is -2.08. The SMILES string of the molecule is Cc1ccsc1CNC(=O)Nc1cccnc1C(=O)O. The third kappa shape index (κ3) is 3.33. The van der Waals surface area contributed by atoms with Crippen LogP contribution in [0.2, 0.25) is 0 Å². The van der Waals surface area contributed by atoms with Gasteiger partial charge in [0.2, 0.25) is 0 Å². The van der Waals surface area contributed by atoms with Crippen molar-refractivity contribution in [2.24, 2.45) is 0 Å². The highest BCUT2D eigenvalue weighted by molar-refractivity contribution is 7.10. The third-order valence-corrected chi connectivity index (χ3v) is 3.66. The van der Waals surface area contributed by atoms with Crippen LogP contribution in [0.4, 0.5) is 10.5 Å². The van der Waals surface area contributed by atoms with Crippen molar-refractivity contribution in [1.29, 1.82) is 0 Å². The summed E-state index contributed by atoms with van der Waals surface area (Å²) in [4.78, 5) is 27.5. The number of amides is 2. The van der Waals surface area contributed by atoms with Gasteiger partial charge in [0.05, 0.1) is 12.2 Å². The first kappa shape index (κ1) is 14.0. The largest absolute Gasteiger partial charge is 0.476 e. The van der Waals surface area contributed by atoms with Gasteiger partial charge in [0, 0.05) is 11.1 Å². The van der Waals surface area contributed by atoms with E-state index < -0.39 is 12.0 Å². The molecule has 2 rings (SSSR count). The van der Waals surface area contributed by atoms with Gasteiger partial charge in [0.15, 0.2) is 5.69 Å². The van der Waals surface area contributed by atoms with Crippen molar-refractivity contribution in [3.8, 4) is 0 Å². The fourth-order valence-electron chi connectivity index (χ4n) is 1.59. The minimum Gasteiger partial charge on any atom is -0.476 e. The number of pyridine rings is 1. The summed E-state index contributed by atoms with van der Waals surface area (Å²) >= 11 is 1.56. The molecular weight excluding hydrogens is 278 g/mol. The molecule has 0 saturated heterocycles. The Bertz CT molecular complexity index is 639. The Morgan fingerprint density at radius 1 is 1.40 bits per heavy atom. The van der Waals surface area contributed by atoms with Gasteiger partial charge in [0.1, 0.15) is 0 Å². The van der Waals surface area contributed by atoms with E-state index in [0.29, 0.717) is 6.54 Å². The van der Waals surface area contributed by atoms with Crippen molar-refractivity contribution < 1.29 is 14.7 Å². The number of urea groups is 1. The molecule has 0 radical (unpaired) electrons. The van der Waals surface area contributed by atoms with Gasteiger partial charge in [-0.2, -0.15) is 0 Å². The van der Waals surface area contributed by atoms with E-state index in [2.05, 4.69) is 15.6 Å². The number of aromatic carboxylic acids is 1. The van der Waals surface area contributed by atoms with Gasteiger partial charge in [-0.05, 0) is 36.1 Å². The number of carbonyl (C=O) groups excluding carboxylic acids is 1. The number of aromatic nitrogens is 1. The Hall–Kier alpha value is -2.41. The summed E-state index contributed by atoms with van der Waals surface area (Å²) in [6, 6.07) is 4.56. The molecule has 0 aliphatic heterocycles. The molecule has 0 aromatic carbocycles. The standard InChI is InChI=1S/C13H13N3O3S/c1-8-4-6-20-10(8)7-15-13(19)16-9-3-2-5-14-11(9)12(17)18/h2-6H,7H2,1H3,(H,17,18)(H2,15,16,19). The second kappa shape index (κ2) is 6.16. The van der Waals surface area contributed by atoms with Crippen LogP contribution in [0, 0.1) is 6.92 Å². The molecule has 2 aromatic heterocycles. The molecular formula is C13H13N3O3S. The Labute approximate surface area is 119 Å². The molecule has 0 bridgehead atoms. The number of hydrogen-bond donors (Lipinski definition) is 3. The second-order valence-corrected chi connectivity index (χ2v) is 5.04. The zero-order valence-corrected chi connectivity index (χ0v) is 11.5. The van der Waals surface area contributed by atoms with Gasteiger partial charge in [-0.25, -0.2) is 14.6 Å². The molecule has 2 amide bonds. The molecule has 0 unspecified atom stereocenters. The average Bonchev–Trinajstić information content (AvgIpc) is 2.82. The van der Waals surface area contributed by atoms with Crippen LogP contribution >= 0.6 is 11.3 Å². The van der Waals surface area contributed by atoms with E-state index in [9.17, 15) is 9.59 Å². The van der Waals surface area contributed by atoms with Crippen molar-refractivity contribution >= 4 is 29.0 Å². The summed E-state index contributed by atoms with van der Waals surface area (Å²) in [6.07, 6.45) is 1.36. The van der Waals surface area contributed by atoms with E-state index in [1.165, 1.54) is 12.3 Å². The molecule has 0 saturated carbocycles. The van der Waals surface area contributed by atoms with Crippen LogP contribution in [0.1, 0.15) is 20.9 Å². The summed E-state index contributed by atoms with van der Waals surface area (Å²) in [6.45, 7) is 2.37. The summed E-state index contributed by atoms with van der Waals surface area (Å²) < 4.78 is 0. The topological polar surface area (TPSA) is 91.3 Å². The number of nitrogens with zero attached hydrogens (tertiary/aromatic N) is 1. The smallest absolute Gasteiger partial charge is 0.356 e. The number of carboxylic acid groups (broad SMARTS) is 1. The van der Waals surface area contributed by atoms with Crippen LogP contribution in [0.25, 0.3) is 0 Å². The Kier molecular flexibility index (Phi) is 4.31. The van der Waals surface area contributed by atoms with Crippen molar-refractivity contribution in [2.75, 3.05) is 5.32 Å². The van der Waals surface area contributed by atoms with Crippen LogP contribution in [-0.4, -0.2) is 22.1 Å². The van der Waals surface area contributed by atoms with Crippen molar-refractivity contribution in [2.45, 2.75) is 13.5 Å². The zero-order valence-electron chi connectivity index (χ0n) is 10.7. The monoisotopic (exact) mass is 291 g/mol. The summed E-state index contributed by atoms with van der Waals surface area (Å²) in [5, 5.41) is 16.1. The zero-order chi connectivity index (χ0) is 14.5. The lowest BCUT2D eigenvalue weighted by Crippen LogP contribution is -2.29. The van der Waals surface area contributed by atoms with Gasteiger partial charge in [-0.3, -0.25) is 0 Å². The van der Waals surface area contributed by atoms with Gasteiger partial charge >= 0.3 is 12.0 Å². The predicted molar refractivity (Wildman–Crippen MR) is 76.1 cm³/mol. The van der Waals surface area contributed by atoms with E-state index >= 15 is 0 Å². The summed E-state index contributed by atoms with van der Waals surface area (Å²) in [5.74, 6) is -1.19. The van der Waals surface area contributed by atoms with Crippen LogP contribution in [0.15, 0.2) is 29.8 Å². The Morgan fingerprint density at radius 3 is 2.85 bits per heavy atom. The van der Waals surface area contributed by atoms with E-state index in [-0.39, 0.29) is 11.4 Å². The molecule has 0 atom stereocenters. The van der Waals surface area contributed by atoms with E-state index in [4.69, 9.17) is 5.11 Å². The highest BCUT2D eigenvalue weighted by Gasteiger charge is 2.13. The van der Waals surface area contributed by atoms with Crippen molar-refractivity contribution in [3.05, 3.63) is 45.9 Å². The number of hydrogen-bond acceptors (Lipinski definition) is 4. The molecule has 20 heavy (non-hydrogen) atoms. The fraction of sp³-hybridized carbons (Fsp3) is 0.154. The number of carboxylic acids is 1. The van der Waals surface area contributed by atoms with Crippen molar-refractivity contribution in [1.82, 2.24) is 10.3 Å². The number of thiophene rings is 1. The lowest BCUT2D eigenvalue weighted by molar-refractivity contribution is 0.0692. The lowest BCUT2D eigenvalue weighted by atomic mass is 10.3. The summed E-state index contributed by atoms with van der Waals surface area (Å²) in [5.41, 5.74) is 1.10. The van der Waals surface area contributed by atoms with Gasteiger partial charge in [-0.1, -0.05) is 0 Å². The molecule has 7 heteroatoms. The van der Waals surface area contributed by atoms with Gasteiger partial charge in [0.25, 0.3) is 0 Å². The third-order valence-electron chi connectivity index (χ3n) is 2.64. The van der Waals surface area contributed by atoms with E-state index in [1.54, 1.807) is 17.4 Å². The first-order chi connectivity index (χ1) is 9.58. The molecule has 104 valence electrons. The molecule has 2 aromatic rings. The molecule has 6 nitrogen and oxygen atoms in total. The van der Waals surface area contributed by atoms with E-state index in [1.807, 2.05) is 18.4 Å². The molecule has 0 spiro atoms. The number of carbonyl (C=O) groups is 2. The van der Waals surface area contributed by atoms with Crippen LogP contribution in [-0.2, 0) is 6.54 Å². The molecule has 2 heterocycles. The van der Waals surface area contributed by atoms with Crippen LogP contribution in [0.5, 0.6) is 0 Å². The summed E-state index contributed by atoms with van der Waals surface area (Å²) in [7, 11) is 0. The number of anilines is 1. The van der Waals surface area contributed by atoms with Gasteiger partial charge < -0.3 is 15.7 Å². The highest BCUT2D eigenvalue weighted by atomic mass is 32.1. The molecule has 0 aliphatic rings. The quantitative estimate of drug-likeness (QED) is 0.807. The van der Waals surface area contributed by atoms with E-state index in [0.717, 1.165) is 10.4 Å². The second-order valence-electron chi connectivity index (χ2n) is 4.04. The fourth-order valence-corrected chi connectivity index (χ4v) is 2.43. The van der Waals surface area contributed by atoms with Gasteiger partial charge in [-0.15, -0.1) is 11.3 Å². The minimum absolute atomic E-state index is 0.167. The number of nitrogens with one attached hydrogen (secondary N) is 2. The normalized spacial score (nSPS) is 10.1. The van der Waals surface area contributed by atoms with Crippen molar-refractivity contribution in [3.63, 3.8) is 0 Å². The Morgan fingerprint density at radius 2 is 2.20 bits per heavy atom. The van der Waals surface area contributed by atoms with Crippen LogP contribution < -0.4 is 10.6 Å². The molecule has 3 N–H and O–H groups in total. The highest BCUT2D eigenvalue weighted by Crippen LogP contribution is 2.15. The molecule has 0 aliphatic carbocycles. The molecule has 0 fully saturated rings. The first-order valence-electron chi connectivity index (χ1n) is 5.84.